The number of carbonyl (C=O) groups excluding carboxylic acids is 1. The van der Waals surface area contributed by atoms with Crippen LogP contribution in [0.25, 0.3) is 0 Å². The first-order chi connectivity index (χ1) is 8.90. The molecule has 6 nitrogen and oxygen atoms in total. The van der Waals surface area contributed by atoms with E-state index in [4.69, 9.17) is 11.6 Å². The van der Waals surface area contributed by atoms with Crippen LogP contribution in [-0.2, 0) is 11.3 Å². The monoisotopic (exact) mass is 285 g/mol. The number of rotatable bonds is 6. The topological polar surface area (TPSA) is 84.3 Å². The van der Waals surface area contributed by atoms with Gasteiger partial charge >= 0.3 is 0 Å². The number of amides is 1. The van der Waals surface area contributed by atoms with Crippen LogP contribution in [-0.4, -0.2) is 23.4 Å². The van der Waals surface area contributed by atoms with Gasteiger partial charge in [0.05, 0.1) is 11.5 Å². The Morgan fingerprint density at radius 3 is 2.74 bits per heavy atom. The van der Waals surface area contributed by atoms with Crippen molar-refractivity contribution in [2.24, 2.45) is 0 Å². The molecule has 0 heterocycles. The molecule has 0 fully saturated rings. The van der Waals surface area contributed by atoms with Crippen molar-refractivity contribution in [3.63, 3.8) is 0 Å². The molecule has 0 aromatic heterocycles. The third kappa shape index (κ3) is 5.23. The molecule has 0 saturated carbocycles. The molecule has 1 amide bonds. The summed E-state index contributed by atoms with van der Waals surface area (Å²) >= 11 is 5.71. The molecule has 0 spiro atoms. The lowest BCUT2D eigenvalue weighted by Gasteiger charge is -2.09. The maximum atomic E-state index is 11.4. The summed E-state index contributed by atoms with van der Waals surface area (Å²) in [6, 6.07) is 4.53. The molecular weight excluding hydrogens is 270 g/mol. The smallest absolute Gasteiger partial charge is 0.275 e. The highest BCUT2D eigenvalue weighted by molar-refractivity contribution is 6.30. The van der Waals surface area contributed by atoms with E-state index in [1.807, 2.05) is 13.8 Å². The number of nitrogens with zero attached hydrogens (tertiary/aromatic N) is 1. The van der Waals surface area contributed by atoms with Crippen molar-refractivity contribution in [3.8, 4) is 0 Å². The predicted octanol–water partition coefficient (Wildman–Crippen LogP) is 1.86. The van der Waals surface area contributed by atoms with Crippen molar-refractivity contribution < 1.29 is 9.72 Å². The van der Waals surface area contributed by atoms with E-state index in [2.05, 4.69) is 10.6 Å². The summed E-state index contributed by atoms with van der Waals surface area (Å²) in [6.07, 6.45) is 0. The lowest BCUT2D eigenvalue weighted by atomic mass is 10.2. The SMILES string of the molecule is CC(C)NC(=O)CNCc1ccc(Cl)cc1[N+](=O)[O-]. The number of hydrogen-bond acceptors (Lipinski definition) is 4. The van der Waals surface area contributed by atoms with Gasteiger partial charge in [0.25, 0.3) is 5.69 Å². The highest BCUT2D eigenvalue weighted by Gasteiger charge is 2.14. The first-order valence-electron chi connectivity index (χ1n) is 5.83. The van der Waals surface area contributed by atoms with E-state index in [0.29, 0.717) is 10.6 Å². The van der Waals surface area contributed by atoms with Crippen LogP contribution in [0.3, 0.4) is 0 Å². The molecule has 1 rings (SSSR count). The summed E-state index contributed by atoms with van der Waals surface area (Å²) in [5.41, 5.74) is 0.441. The molecule has 104 valence electrons. The van der Waals surface area contributed by atoms with Gasteiger partial charge in [0, 0.05) is 29.2 Å². The van der Waals surface area contributed by atoms with E-state index in [1.165, 1.54) is 6.07 Å². The first kappa shape index (κ1) is 15.4. The quantitative estimate of drug-likeness (QED) is 0.617. The van der Waals surface area contributed by atoms with Crippen molar-refractivity contribution in [2.45, 2.75) is 26.4 Å². The third-order valence-electron chi connectivity index (χ3n) is 2.29. The van der Waals surface area contributed by atoms with E-state index in [0.717, 1.165) is 0 Å². The number of nitro groups is 1. The standard InChI is InChI=1S/C12H16ClN3O3/c1-8(2)15-12(17)7-14-6-9-3-4-10(13)5-11(9)16(18)19/h3-5,8,14H,6-7H2,1-2H3,(H,15,17). The van der Waals surface area contributed by atoms with Gasteiger partial charge in [0.15, 0.2) is 0 Å². The van der Waals surface area contributed by atoms with E-state index >= 15 is 0 Å². The fourth-order valence-corrected chi connectivity index (χ4v) is 1.71. The Kier molecular flexibility index (Phi) is 5.72. The Morgan fingerprint density at radius 1 is 1.47 bits per heavy atom. The van der Waals surface area contributed by atoms with Crippen LogP contribution < -0.4 is 10.6 Å². The summed E-state index contributed by atoms with van der Waals surface area (Å²) in [7, 11) is 0. The van der Waals surface area contributed by atoms with Crippen LogP contribution in [0.15, 0.2) is 18.2 Å². The summed E-state index contributed by atoms with van der Waals surface area (Å²) in [6.45, 7) is 4.07. The Morgan fingerprint density at radius 2 is 2.16 bits per heavy atom. The van der Waals surface area contributed by atoms with Gasteiger partial charge < -0.3 is 10.6 Å². The van der Waals surface area contributed by atoms with Crippen molar-refractivity contribution in [1.29, 1.82) is 0 Å². The summed E-state index contributed by atoms with van der Waals surface area (Å²) in [5, 5.41) is 16.8. The van der Waals surface area contributed by atoms with Gasteiger partial charge in [-0.25, -0.2) is 0 Å². The number of benzene rings is 1. The lowest BCUT2D eigenvalue weighted by Crippen LogP contribution is -2.37. The van der Waals surface area contributed by atoms with E-state index in [1.54, 1.807) is 12.1 Å². The number of hydrogen-bond donors (Lipinski definition) is 2. The highest BCUT2D eigenvalue weighted by Crippen LogP contribution is 2.22. The van der Waals surface area contributed by atoms with Crippen LogP contribution in [0.2, 0.25) is 5.02 Å². The molecule has 7 heteroatoms. The maximum absolute atomic E-state index is 11.4. The summed E-state index contributed by atoms with van der Waals surface area (Å²) in [5.74, 6) is -0.147. The van der Waals surface area contributed by atoms with Crippen LogP contribution in [0.1, 0.15) is 19.4 Å². The van der Waals surface area contributed by atoms with Gasteiger partial charge in [0.2, 0.25) is 5.91 Å². The van der Waals surface area contributed by atoms with Crippen molar-refractivity contribution in [2.75, 3.05) is 6.54 Å². The van der Waals surface area contributed by atoms with Crippen LogP contribution >= 0.6 is 11.6 Å². The van der Waals surface area contributed by atoms with Crippen molar-refractivity contribution in [1.82, 2.24) is 10.6 Å². The minimum Gasteiger partial charge on any atom is -0.353 e. The second-order valence-corrected chi connectivity index (χ2v) is 4.79. The molecule has 0 atom stereocenters. The Bertz CT molecular complexity index is 477. The molecule has 2 N–H and O–H groups in total. The van der Waals surface area contributed by atoms with Gasteiger partial charge in [0.1, 0.15) is 0 Å². The summed E-state index contributed by atoms with van der Waals surface area (Å²) in [4.78, 5) is 21.8. The van der Waals surface area contributed by atoms with E-state index in [9.17, 15) is 14.9 Å². The number of nitrogens with one attached hydrogen (secondary N) is 2. The van der Waals surface area contributed by atoms with E-state index in [-0.39, 0.29) is 30.7 Å². The third-order valence-corrected chi connectivity index (χ3v) is 2.53. The molecule has 0 unspecified atom stereocenters. The molecule has 1 aromatic rings. The average molecular weight is 286 g/mol. The fraction of sp³-hybridized carbons (Fsp3) is 0.417. The van der Waals surface area contributed by atoms with Gasteiger partial charge in [-0.15, -0.1) is 0 Å². The van der Waals surface area contributed by atoms with Crippen molar-refractivity contribution >= 4 is 23.2 Å². The van der Waals surface area contributed by atoms with Gasteiger partial charge in [-0.1, -0.05) is 11.6 Å². The number of halogens is 1. The summed E-state index contributed by atoms with van der Waals surface area (Å²) < 4.78 is 0. The molecule has 19 heavy (non-hydrogen) atoms. The highest BCUT2D eigenvalue weighted by atomic mass is 35.5. The molecule has 0 saturated heterocycles. The normalized spacial score (nSPS) is 10.5. The first-order valence-corrected chi connectivity index (χ1v) is 6.21. The van der Waals surface area contributed by atoms with Crippen LogP contribution in [0.4, 0.5) is 5.69 Å². The number of nitro benzene ring substituents is 1. The molecule has 1 aromatic carbocycles. The number of carbonyl (C=O) groups is 1. The van der Waals surface area contributed by atoms with Gasteiger partial charge in [-0.3, -0.25) is 14.9 Å². The zero-order valence-corrected chi connectivity index (χ0v) is 11.5. The molecule has 0 radical (unpaired) electrons. The second-order valence-electron chi connectivity index (χ2n) is 4.36. The second kappa shape index (κ2) is 7.06. The average Bonchev–Trinajstić information content (AvgIpc) is 2.29. The molecule has 0 aliphatic carbocycles. The fourth-order valence-electron chi connectivity index (χ4n) is 1.54. The largest absolute Gasteiger partial charge is 0.353 e. The molecule has 0 aliphatic rings. The Labute approximate surface area is 116 Å². The van der Waals surface area contributed by atoms with Crippen molar-refractivity contribution in [3.05, 3.63) is 38.9 Å². The zero-order valence-electron chi connectivity index (χ0n) is 10.8. The van der Waals surface area contributed by atoms with E-state index < -0.39 is 4.92 Å². The molecular formula is C12H16ClN3O3. The zero-order chi connectivity index (χ0) is 14.4. The lowest BCUT2D eigenvalue weighted by molar-refractivity contribution is -0.385. The Hall–Kier alpha value is -1.66. The predicted molar refractivity (Wildman–Crippen MR) is 73.1 cm³/mol. The van der Waals surface area contributed by atoms with Crippen LogP contribution in [0, 0.1) is 10.1 Å². The molecule has 0 bridgehead atoms. The van der Waals surface area contributed by atoms with Gasteiger partial charge in [-0.2, -0.15) is 0 Å². The maximum Gasteiger partial charge on any atom is 0.275 e. The van der Waals surface area contributed by atoms with Gasteiger partial charge in [-0.05, 0) is 26.0 Å². The Balaban J connectivity index is 2.58. The van der Waals surface area contributed by atoms with Crippen LogP contribution in [0.5, 0.6) is 0 Å². The minimum absolute atomic E-state index is 0.0516. The minimum atomic E-state index is -0.489. The molecule has 0 aliphatic heterocycles.